The van der Waals surface area contributed by atoms with Gasteiger partial charge < -0.3 is 5.73 Å². The lowest BCUT2D eigenvalue weighted by Crippen LogP contribution is -2.26. The van der Waals surface area contributed by atoms with Crippen LogP contribution < -0.4 is 5.73 Å². The molecule has 1 fully saturated rings. The molecule has 0 spiro atoms. The molecule has 2 rings (SSSR count). The second-order valence-corrected chi connectivity index (χ2v) is 4.42. The van der Waals surface area contributed by atoms with Gasteiger partial charge in [0.2, 0.25) is 0 Å². The molecule has 0 bridgehead atoms. The van der Waals surface area contributed by atoms with Crippen molar-refractivity contribution in [3.05, 3.63) is 36.0 Å². The van der Waals surface area contributed by atoms with E-state index < -0.39 is 0 Å². The van der Waals surface area contributed by atoms with Crippen molar-refractivity contribution in [1.29, 1.82) is 0 Å². The van der Waals surface area contributed by atoms with Crippen molar-refractivity contribution < 1.29 is 1.43 Å². The minimum absolute atomic E-state index is 0. The highest BCUT2D eigenvalue weighted by Crippen LogP contribution is 2.37. The van der Waals surface area contributed by atoms with E-state index in [0.717, 1.165) is 6.42 Å². The van der Waals surface area contributed by atoms with Crippen LogP contribution in [0.1, 0.15) is 41.5 Å². The van der Waals surface area contributed by atoms with Crippen LogP contribution in [0.5, 0.6) is 0 Å². The van der Waals surface area contributed by atoms with E-state index >= 15 is 0 Å². The topological polar surface area (TPSA) is 26.0 Å². The fourth-order valence-electron chi connectivity index (χ4n) is 2.51. The molecule has 0 aromatic heterocycles. The Bertz CT molecular complexity index is 304. The number of nitrogens with two attached hydrogens (primary N) is 1. The lowest BCUT2D eigenvalue weighted by Gasteiger charge is -2.22. The normalized spacial score (nSPS) is 31.2. The Kier molecular flexibility index (Phi) is 5.01. The molecule has 0 heterocycles. The first-order chi connectivity index (χ1) is 7.72. The molecule has 2 N–H and O–H groups in total. The SMILES string of the molecule is C=C(CC)C1=CC2CC[C@H](N)C2C=C1.CC.[HH]. The average molecular weight is 221 g/mol. The zero-order chi connectivity index (χ0) is 12.1. The van der Waals surface area contributed by atoms with Crippen molar-refractivity contribution in [3.8, 4) is 0 Å². The van der Waals surface area contributed by atoms with Gasteiger partial charge in [-0.15, -0.1) is 0 Å². The summed E-state index contributed by atoms with van der Waals surface area (Å²) in [5.74, 6) is 1.26. The fourth-order valence-corrected chi connectivity index (χ4v) is 2.51. The van der Waals surface area contributed by atoms with Gasteiger partial charge in [-0.3, -0.25) is 0 Å². The van der Waals surface area contributed by atoms with E-state index in [1.54, 1.807) is 0 Å². The Morgan fingerprint density at radius 2 is 2.19 bits per heavy atom. The van der Waals surface area contributed by atoms with E-state index in [9.17, 15) is 0 Å². The summed E-state index contributed by atoms with van der Waals surface area (Å²) in [7, 11) is 0. The van der Waals surface area contributed by atoms with Gasteiger partial charge in [-0.1, -0.05) is 45.6 Å². The van der Waals surface area contributed by atoms with Crippen molar-refractivity contribution in [2.45, 2.75) is 46.1 Å². The van der Waals surface area contributed by atoms with E-state index in [1.807, 2.05) is 13.8 Å². The number of rotatable bonds is 2. The monoisotopic (exact) mass is 221 g/mol. The maximum atomic E-state index is 6.04. The molecule has 16 heavy (non-hydrogen) atoms. The van der Waals surface area contributed by atoms with Gasteiger partial charge in [0, 0.05) is 7.47 Å². The fraction of sp³-hybridized carbons (Fsp3) is 0.600. The van der Waals surface area contributed by atoms with E-state index in [0.29, 0.717) is 17.9 Å². The van der Waals surface area contributed by atoms with Crippen molar-refractivity contribution in [2.24, 2.45) is 17.6 Å². The molecule has 1 saturated carbocycles. The average Bonchev–Trinajstić information content (AvgIpc) is 2.72. The summed E-state index contributed by atoms with van der Waals surface area (Å²) in [6.45, 7) is 10.2. The minimum Gasteiger partial charge on any atom is -0.327 e. The van der Waals surface area contributed by atoms with Gasteiger partial charge in [0.25, 0.3) is 0 Å². The lowest BCUT2D eigenvalue weighted by molar-refractivity contribution is 0.502. The number of hydrogen-bond acceptors (Lipinski definition) is 1. The number of allylic oxidation sites excluding steroid dienone is 4. The van der Waals surface area contributed by atoms with Crippen LogP contribution >= 0.6 is 0 Å². The summed E-state index contributed by atoms with van der Waals surface area (Å²) in [5.41, 5.74) is 8.63. The Morgan fingerprint density at radius 1 is 1.50 bits per heavy atom. The van der Waals surface area contributed by atoms with Crippen LogP contribution in [0.4, 0.5) is 0 Å². The van der Waals surface area contributed by atoms with Crippen molar-refractivity contribution in [2.75, 3.05) is 0 Å². The standard InChI is InChI=1S/C13H19N.C2H6.H2/c1-3-9(2)10-4-6-12-11(8-10)5-7-13(12)14;1-2;/h4,6,8,11-13H,2-3,5,7,14H2,1H3;1-2H3;1H/t11?,12?,13-;;/m0../s1. The zero-order valence-electron chi connectivity index (χ0n) is 10.9. The van der Waals surface area contributed by atoms with Crippen LogP contribution in [0.25, 0.3) is 0 Å². The molecule has 2 aliphatic rings. The first-order valence-electron chi connectivity index (χ1n) is 6.56. The Balaban J connectivity index is 0.000000811. The van der Waals surface area contributed by atoms with Crippen molar-refractivity contribution in [3.63, 3.8) is 0 Å². The highest BCUT2D eigenvalue weighted by molar-refractivity contribution is 5.41. The third-order valence-electron chi connectivity index (χ3n) is 3.55. The summed E-state index contributed by atoms with van der Waals surface area (Å²) in [6.07, 6.45) is 10.3. The van der Waals surface area contributed by atoms with E-state index in [2.05, 4.69) is 31.7 Å². The second kappa shape index (κ2) is 6.05. The molecule has 2 aliphatic carbocycles. The Hall–Kier alpha value is -0.820. The molecule has 0 aromatic carbocycles. The predicted octanol–water partition coefficient (Wildman–Crippen LogP) is 4.07. The molecule has 1 heteroatoms. The van der Waals surface area contributed by atoms with Crippen molar-refractivity contribution in [1.82, 2.24) is 0 Å². The Morgan fingerprint density at radius 3 is 2.81 bits per heavy atom. The predicted molar refractivity (Wildman–Crippen MR) is 74.3 cm³/mol. The number of hydrogen-bond donors (Lipinski definition) is 1. The smallest absolute Gasteiger partial charge is 0.0108 e. The van der Waals surface area contributed by atoms with Crippen molar-refractivity contribution >= 4 is 0 Å². The van der Waals surface area contributed by atoms with E-state index in [4.69, 9.17) is 5.73 Å². The highest BCUT2D eigenvalue weighted by atomic mass is 14.7. The highest BCUT2D eigenvalue weighted by Gasteiger charge is 2.32. The van der Waals surface area contributed by atoms with Crippen LogP contribution in [0.15, 0.2) is 36.0 Å². The van der Waals surface area contributed by atoms with Gasteiger partial charge in [-0.25, -0.2) is 0 Å². The quantitative estimate of drug-likeness (QED) is 0.747. The van der Waals surface area contributed by atoms with E-state index in [-0.39, 0.29) is 1.43 Å². The van der Waals surface area contributed by atoms with Crippen LogP contribution in [0.3, 0.4) is 0 Å². The van der Waals surface area contributed by atoms with Crippen LogP contribution in [0, 0.1) is 11.8 Å². The summed E-state index contributed by atoms with van der Waals surface area (Å²) in [6, 6.07) is 0.379. The molecule has 92 valence electrons. The summed E-state index contributed by atoms with van der Waals surface area (Å²) < 4.78 is 0. The van der Waals surface area contributed by atoms with Gasteiger partial charge in [-0.05, 0) is 42.2 Å². The molecule has 0 aliphatic heterocycles. The molecule has 0 radical (unpaired) electrons. The maximum absolute atomic E-state index is 6.04. The zero-order valence-corrected chi connectivity index (χ0v) is 10.9. The molecular weight excluding hydrogens is 194 g/mol. The summed E-state index contributed by atoms with van der Waals surface area (Å²) in [4.78, 5) is 0. The van der Waals surface area contributed by atoms with Gasteiger partial charge in [0.05, 0.1) is 0 Å². The van der Waals surface area contributed by atoms with E-state index in [1.165, 1.54) is 24.0 Å². The third-order valence-corrected chi connectivity index (χ3v) is 3.55. The molecule has 0 amide bonds. The maximum Gasteiger partial charge on any atom is 0.0108 e. The molecule has 0 saturated heterocycles. The summed E-state index contributed by atoms with van der Waals surface area (Å²) in [5, 5.41) is 0. The minimum atomic E-state index is 0. The van der Waals surface area contributed by atoms with Gasteiger partial charge in [0.1, 0.15) is 0 Å². The molecule has 0 aromatic rings. The largest absolute Gasteiger partial charge is 0.327 e. The van der Waals surface area contributed by atoms with Crippen LogP contribution in [-0.2, 0) is 0 Å². The molecule has 3 atom stereocenters. The third kappa shape index (κ3) is 2.65. The lowest BCUT2D eigenvalue weighted by atomic mass is 9.85. The van der Waals surface area contributed by atoms with Gasteiger partial charge in [0.15, 0.2) is 0 Å². The first-order valence-corrected chi connectivity index (χ1v) is 6.56. The number of fused-ring (bicyclic) bond motifs is 1. The first kappa shape index (κ1) is 13.2. The van der Waals surface area contributed by atoms with Crippen LogP contribution in [0.2, 0.25) is 0 Å². The molecular formula is C15H27N. The molecule has 2 unspecified atom stereocenters. The molecule has 1 nitrogen and oxygen atoms in total. The summed E-state index contributed by atoms with van der Waals surface area (Å²) >= 11 is 0. The Labute approximate surface area is 102 Å². The van der Waals surface area contributed by atoms with Crippen LogP contribution in [-0.4, -0.2) is 6.04 Å². The van der Waals surface area contributed by atoms with Gasteiger partial charge >= 0.3 is 0 Å². The second-order valence-electron chi connectivity index (χ2n) is 4.42. The van der Waals surface area contributed by atoms with Gasteiger partial charge in [-0.2, -0.15) is 0 Å².